The molecule has 0 spiro atoms. The van der Waals surface area contributed by atoms with Crippen molar-refractivity contribution in [1.29, 1.82) is 0 Å². The first-order valence-corrected chi connectivity index (χ1v) is 7.54. The fourth-order valence-corrected chi connectivity index (χ4v) is 3.76. The highest BCUT2D eigenvalue weighted by Gasteiger charge is 2.32. The molecule has 0 aromatic heterocycles. The SMILES string of the molecule is C=CCN(C[C@H](O)CC)C1CCS(=O)(=O)C1. The van der Waals surface area contributed by atoms with Crippen LogP contribution in [0.15, 0.2) is 12.7 Å². The normalized spacial score (nSPS) is 25.8. The van der Waals surface area contributed by atoms with Gasteiger partial charge in [0.25, 0.3) is 0 Å². The molecule has 0 aromatic rings. The van der Waals surface area contributed by atoms with Crippen molar-refractivity contribution in [2.45, 2.75) is 31.9 Å². The van der Waals surface area contributed by atoms with Gasteiger partial charge in [-0.15, -0.1) is 6.58 Å². The van der Waals surface area contributed by atoms with Crippen LogP contribution in [0.5, 0.6) is 0 Å². The first-order valence-electron chi connectivity index (χ1n) is 5.72. The lowest BCUT2D eigenvalue weighted by Crippen LogP contribution is -2.41. The molecular weight excluding hydrogens is 226 g/mol. The number of hydrogen-bond donors (Lipinski definition) is 1. The standard InChI is InChI=1S/C11H21NO3S/c1-3-6-12(8-11(13)4-2)10-5-7-16(14,15)9-10/h3,10-11,13H,1,4-9H2,2H3/t10?,11-/m1/s1. The molecule has 0 aliphatic carbocycles. The minimum Gasteiger partial charge on any atom is -0.392 e. The summed E-state index contributed by atoms with van der Waals surface area (Å²) in [5.41, 5.74) is 0. The molecule has 1 saturated heterocycles. The highest BCUT2D eigenvalue weighted by molar-refractivity contribution is 7.91. The molecular formula is C11H21NO3S. The zero-order valence-electron chi connectivity index (χ0n) is 9.80. The Bertz CT molecular complexity index is 326. The Kier molecular flexibility index (Phi) is 4.95. The second-order valence-corrected chi connectivity index (χ2v) is 6.59. The number of sulfone groups is 1. The van der Waals surface area contributed by atoms with Gasteiger partial charge in [-0.2, -0.15) is 0 Å². The van der Waals surface area contributed by atoms with Crippen LogP contribution in [0.1, 0.15) is 19.8 Å². The van der Waals surface area contributed by atoms with E-state index in [-0.39, 0.29) is 23.7 Å². The van der Waals surface area contributed by atoms with Crippen LogP contribution in [0.25, 0.3) is 0 Å². The molecule has 1 aliphatic rings. The van der Waals surface area contributed by atoms with Crippen molar-refractivity contribution in [2.75, 3.05) is 24.6 Å². The van der Waals surface area contributed by atoms with E-state index >= 15 is 0 Å². The fraction of sp³-hybridized carbons (Fsp3) is 0.818. The Morgan fingerprint density at radius 2 is 2.31 bits per heavy atom. The zero-order chi connectivity index (χ0) is 12.2. The van der Waals surface area contributed by atoms with Crippen LogP contribution in [0.4, 0.5) is 0 Å². The Morgan fingerprint density at radius 3 is 2.75 bits per heavy atom. The average molecular weight is 247 g/mol. The highest BCUT2D eigenvalue weighted by atomic mass is 32.2. The molecule has 1 fully saturated rings. The molecule has 16 heavy (non-hydrogen) atoms. The predicted octanol–water partition coefficient (Wildman–Crippen LogP) is 0.432. The Morgan fingerprint density at radius 1 is 1.62 bits per heavy atom. The van der Waals surface area contributed by atoms with Crippen LogP contribution >= 0.6 is 0 Å². The van der Waals surface area contributed by atoms with E-state index in [9.17, 15) is 13.5 Å². The Labute approximate surface area is 97.9 Å². The molecule has 1 N–H and O–H groups in total. The second kappa shape index (κ2) is 5.80. The van der Waals surface area contributed by atoms with Gasteiger partial charge in [-0.3, -0.25) is 4.90 Å². The third-order valence-electron chi connectivity index (χ3n) is 3.00. The Balaban J connectivity index is 2.60. The quantitative estimate of drug-likeness (QED) is 0.692. The summed E-state index contributed by atoms with van der Waals surface area (Å²) in [6.07, 6.45) is 2.73. The molecule has 0 saturated carbocycles. The van der Waals surface area contributed by atoms with Crippen molar-refractivity contribution in [2.24, 2.45) is 0 Å². The van der Waals surface area contributed by atoms with Crippen LogP contribution in [-0.4, -0.2) is 55.2 Å². The molecule has 2 atom stereocenters. The number of hydrogen-bond acceptors (Lipinski definition) is 4. The van der Waals surface area contributed by atoms with Gasteiger partial charge in [-0.1, -0.05) is 13.0 Å². The van der Waals surface area contributed by atoms with Gasteiger partial charge in [-0.25, -0.2) is 8.42 Å². The van der Waals surface area contributed by atoms with E-state index in [2.05, 4.69) is 6.58 Å². The number of rotatable bonds is 6. The fourth-order valence-electron chi connectivity index (χ4n) is 2.00. The maximum absolute atomic E-state index is 11.4. The first-order chi connectivity index (χ1) is 7.48. The molecule has 0 amide bonds. The van der Waals surface area contributed by atoms with Crippen molar-refractivity contribution >= 4 is 9.84 Å². The highest BCUT2D eigenvalue weighted by Crippen LogP contribution is 2.18. The van der Waals surface area contributed by atoms with Crippen molar-refractivity contribution in [3.8, 4) is 0 Å². The number of aliphatic hydroxyl groups excluding tert-OH is 1. The minimum absolute atomic E-state index is 0.0456. The summed E-state index contributed by atoms with van der Waals surface area (Å²) in [4.78, 5) is 2.02. The molecule has 5 heteroatoms. The predicted molar refractivity (Wildman–Crippen MR) is 65.1 cm³/mol. The molecule has 94 valence electrons. The molecule has 1 heterocycles. The largest absolute Gasteiger partial charge is 0.392 e. The van der Waals surface area contributed by atoms with E-state index in [0.29, 0.717) is 25.9 Å². The number of nitrogens with zero attached hydrogens (tertiary/aromatic N) is 1. The first kappa shape index (κ1) is 13.7. The summed E-state index contributed by atoms with van der Waals surface area (Å²) in [5, 5.41) is 9.62. The Hall–Kier alpha value is -0.390. The molecule has 1 aliphatic heterocycles. The van der Waals surface area contributed by atoms with Gasteiger partial charge in [0.1, 0.15) is 0 Å². The van der Waals surface area contributed by atoms with Crippen LogP contribution in [0, 0.1) is 0 Å². The number of aliphatic hydroxyl groups is 1. The second-order valence-electron chi connectivity index (χ2n) is 4.36. The summed E-state index contributed by atoms with van der Waals surface area (Å²) >= 11 is 0. The van der Waals surface area contributed by atoms with E-state index < -0.39 is 9.84 Å². The third-order valence-corrected chi connectivity index (χ3v) is 4.76. The lowest BCUT2D eigenvalue weighted by molar-refractivity contribution is 0.0974. The van der Waals surface area contributed by atoms with Gasteiger partial charge in [0.2, 0.25) is 0 Å². The average Bonchev–Trinajstić information content (AvgIpc) is 2.58. The van der Waals surface area contributed by atoms with E-state index in [4.69, 9.17) is 0 Å². The summed E-state index contributed by atoms with van der Waals surface area (Å²) in [6, 6.07) is 0.0456. The van der Waals surface area contributed by atoms with Gasteiger partial charge in [0, 0.05) is 19.1 Å². The summed E-state index contributed by atoms with van der Waals surface area (Å²) in [5.74, 6) is 0.491. The van der Waals surface area contributed by atoms with Crippen molar-refractivity contribution in [3.63, 3.8) is 0 Å². The zero-order valence-corrected chi connectivity index (χ0v) is 10.6. The maximum atomic E-state index is 11.4. The maximum Gasteiger partial charge on any atom is 0.151 e. The summed E-state index contributed by atoms with van der Waals surface area (Å²) < 4.78 is 22.8. The molecule has 4 nitrogen and oxygen atoms in total. The van der Waals surface area contributed by atoms with Gasteiger partial charge < -0.3 is 5.11 Å². The summed E-state index contributed by atoms with van der Waals surface area (Å²) in [6.45, 7) is 6.75. The van der Waals surface area contributed by atoms with Crippen molar-refractivity contribution < 1.29 is 13.5 Å². The van der Waals surface area contributed by atoms with Gasteiger partial charge in [-0.05, 0) is 12.8 Å². The molecule has 1 unspecified atom stereocenters. The summed E-state index contributed by atoms with van der Waals surface area (Å²) in [7, 11) is -2.86. The van der Waals surface area contributed by atoms with Gasteiger partial charge in [0.05, 0.1) is 17.6 Å². The van der Waals surface area contributed by atoms with Gasteiger partial charge >= 0.3 is 0 Å². The lowest BCUT2D eigenvalue weighted by atomic mass is 10.2. The molecule has 0 aromatic carbocycles. The third kappa shape index (κ3) is 3.88. The topological polar surface area (TPSA) is 57.6 Å². The van der Waals surface area contributed by atoms with E-state index in [0.717, 1.165) is 0 Å². The van der Waals surface area contributed by atoms with E-state index in [1.165, 1.54) is 0 Å². The van der Waals surface area contributed by atoms with Crippen LogP contribution in [-0.2, 0) is 9.84 Å². The van der Waals surface area contributed by atoms with Crippen molar-refractivity contribution in [1.82, 2.24) is 4.90 Å². The minimum atomic E-state index is -2.86. The van der Waals surface area contributed by atoms with Crippen LogP contribution in [0.3, 0.4) is 0 Å². The van der Waals surface area contributed by atoms with Crippen LogP contribution < -0.4 is 0 Å². The van der Waals surface area contributed by atoms with Crippen molar-refractivity contribution in [3.05, 3.63) is 12.7 Å². The monoisotopic (exact) mass is 247 g/mol. The molecule has 0 bridgehead atoms. The lowest BCUT2D eigenvalue weighted by Gasteiger charge is -2.28. The molecule has 1 rings (SSSR count). The molecule has 0 radical (unpaired) electrons. The smallest absolute Gasteiger partial charge is 0.151 e. The van der Waals surface area contributed by atoms with E-state index in [1.54, 1.807) is 6.08 Å². The van der Waals surface area contributed by atoms with E-state index in [1.807, 2.05) is 11.8 Å². The van der Waals surface area contributed by atoms with Crippen LogP contribution in [0.2, 0.25) is 0 Å². The van der Waals surface area contributed by atoms with Gasteiger partial charge in [0.15, 0.2) is 9.84 Å².